The van der Waals surface area contributed by atoms with Crippen LogP contribution >= 0.6 is 11.6 Å². The van der Waals surface area contributed by atoms with Gasteiger partial charge in [0.25, 0.3) is 5.91 Å². The Morgan fingerprint density at radius 2 is 1.90 bits per heavy atom. The molecule has 0 saturated carbocycles. The largest absolute Gasteiger partial charge is 0.465 e. The lowest BCUT2D eigenvalue weighted by molar-refractivity contribution is -0.120. The Morgan fingerprint density at radius 3 is 2.57 bits per heavy atom. The van der Waals surface area contributed by atoms with E-state index in [1.165, 1.54) is 0 Å². The highest BCUT2D eigenvalue weighted by Gasteiger charge is 2.41. The minimum atomic E-state index is -0.592. The predicted octanol–water partition coefficient (Wildman–Crippen LogP) is 3.34. The minimum Gasteiger partial charge on any atom is -0.465 e. The summed E-state index contributed by atoms with van der Waals surface area (Å²) in [6, 6.07) is 10.5. The van der Waals surface area contributed by atoms with E-state index in [2.05, 4.69) is 16.1 Å². The zero-order valence-corrected chi connectivity index (χ0v) is 17.3. The zero-order chi connectivity index (χ0) is 21.1. The summed E-state index contributed by atoms with van der Waals surface area (Å²) in [6.07, 6.45) is 2.98. The van der Waals surface area contributed by atoms with E-state index >= 15 is 0 Å². The van der Waals surface area contributed by atoms with E-state index in [4.69, 9.17) is 20.9 Å². The topological polar surface area (TPSA) is 95.8 Å². The van der Waals surface area contributed by atoms with Gasteiger partial charge in [-0.15, -0.1) is 0 Å². The summed E-state index contributed by atoms with van der Waals surface area (Å²) in [5, 5.41) is 6.28. The van der Waals surface area contributed by atoms with E-state index in [-0.39, 0.29) is 11.9 Å². The molecule has 1 aromatic carbocycles. The number of nitrogens with one attached hydrogen (secondary N) is 3. The second-order valence-corrected chi connectivity index (χ2v) is 7.88. The number of halogens is 1. The van der Waals surface area contributed by atoms with Gasteiger partial charge in [0.15, 0.2) is 0 Å². The van der Waals surface area contributed by atoms with Crippen molar-refractivity contribution >= 4 is 29.2 Å². The fourth-order valence-corrected chi connectivity index (χ4v) is 3.63. The van der Waals surface area contributed by atoms with E-state index in [9.17, 15) is 9.59 Å². The van der Waals surface area contributed by atoms with Gasteiger partial charge in [0.1, 0.15) is 22.8 Å². The number of nitrogens with zero attached hydrogens (tertiary/aromatic N) is 1. The first-order valence-corrected chi connectivity index (χ1v) is 10.1. The molecular weight excluding hydrogens is 408 g/mol. The maximum absolute atomic E-state index is 12.5. The van der Waals surface area contributed by atoms with E-state index in [0.717, 1.165) is 5.76 Å². The normalized spacial score (nSPS) is 17.4. The van der Waals surface area contributed by atoms with Crippen LogP contribution in [0.2, 0.25) is 5.02 Å². The molecule has 9 heteroatoms. The van der Waals surface area contributed by atoms with E-state index in [1.54, 1.807) is 29.2 Å². The maximum atomic E-state index is 12.5. The Labute approximate surface area is 179 Å². The van der Waals surface area contributed by atoms with Crippen molar-refractivity contribution in [2.45, 2.75) is 31.9 Å². The first kappa shape index (κ1) is 20.3. The van der Waals surface area contributed by atoms with Crippen molar-refractivity contribution in [3.05, 3.63) is 64.7 Å². The van der Waals surface area contributed by atoms with Crippen LogP contribution in [0.4, 0.5) is 10.5 Å². The molecule has 2 aliphatic rings. The second-order valence-electron chi connectivity index (χ2n) is 7.45. The average Bonchev–Trinajstić information content (AvgIpc) is 3.35. The van der Waals surface area contributed by atoms with E-state index in [0.29, 0.717) is 54.6 Å². The molecule has 2 aromatic rings. The van der Waals surface area contributed by atoms with Crippen LogP contribution in [0.25, 0.3) is 0 Å². The number of hydrogen-bond acceptors (Lipinski definition) is 5. The molecule has 0 bridgehead atoms. The third-order valence-electron chi connectivity index (χ3n) is 5.23. The molecule has 0 unspecified atom stereocenters. The number of carbonyl (C=O) groups is 2. The number of hydrogen-bond donors (Lipinski definition) is 3. The first-order chi connectivity index (χ1) is 14.4. The summed E-state index contributed by atoms with van der Waals surface area (Å²) in [4.78, 5) is 32.4. The lowest BCUT2D eigenvalue weighted by Gasteiger charge is -2.36. The van der Waals surface area contributed by atoms with Gasteiger partial charge < -0.3 is 20.0 Å². The number of benzene rings is 1. The molecule has 0 aliphatic carbocycles. The van der Waals surface area contributed by atoms with Crippen LogP contribution < -0.4 is 16.1 Å². The van der Waals surface area contributed by atoms with Gasteiger partial charge in [-0.05, 0) is 49.4 Å². The fraction of sp³-hybridized carbons (Fsp3) is 0.333. The maximum Gasteiger partial charge on any atom is 0.321 e. The van der Waals surface area contributed by atoms with Gasteiger partial charge in [0.05, 0.1) is 6.54 Å². The van der Waals surface area contributed by atoms with Gasteiger partial charge in [0.2, 0.25) is 0 Å². The quantitative estimate of drug-likeness (QED) is 0.691. The van der Waals surface area contributed by atoms with Crippen molar-refractivity contribution in [3.8, 4) is 0 Å². The number of aryl methyl sites for hydroxylation is 1. The predicted molar refractivity (Wildman–Crippen MR) is 112 cm³/mol. The molecule has 1 saturated heterocycles. The van der Waals surface area contributed by atoms with Gasteiger partial charge in [-0.2, -0.15) is 0 Å². The van der Waals surface area contributed by atoms with Crippen molar-refractivity contribution in [1.82, 2.24) is 15.7 Å². The first-order valence-electron chi connectivity index (χ1n) is 9.74. The number of carbonyl (C=O) groups excluding carboxylic acids is 2. The number of amides is 3. The van der Waals surface area contributed by atoms with Gasteiger partial charge in [0, 0.05) is 36.6 Å². The molecule has 3 heterocycles. The van der Waals surface area contributed by atoms with Gasteiger partial charge in [-0.1, -0.05) is 11.6 Å². The monoisotopic (exact) mass is 430 g/mol. The lowest BCUT2D eigenvalue weighted by atomic mass is 9.91. The number of furan rings is 1. The molecule has 3 N–H and O–H groups in total. The van der Waals surface area contributed by atoms with Crippen LogP contribution in [0.15, 0.2) is 52.6 Å². The second kappa shape index (κ2) is 8.41. The standard InChI is InChI=1S/C21H23ClN4O4/c1-14-2-7-17(29-14)13-23-19(27)18-12-21(30-25-18)8-10-26(11-9-21)20(28)24-16-5-3-15(22)4-6-16/h2-7,12,25H,8-11,13H2,1H3,(H,23,27)(H,24,28). The van der Waals surface area contributed by atoms with Crippen molar-refractivity contribution in [3.63, 3.8) is 0 Å². The number of piperidine rings is 1. The van der Waals surface area contributed by atoms with Gasteiger partial charge >= 0.3 is 6.03 Å². The molecule has 1 fully saturated rings. The van der Waals surface area contributed by atoms with Gasteiger partial charge in [-0.3, -0.25) is 15.1 Å². The van der Waals surface area contributed by atoms with Crippen LogP contribution in [-0.4, -0.2) is 35.5 Å². The summed E-state index contributed by atoms with van der Waals surface area (Å²) >= 11 is 5.87. The molecule has 3 amide bonds. The number of rotatable bonds is 4. The van der Waals surface area contributed by atoms with Crippen molar-refractivity contribution < 1.29 is 18.8 Å². The van der Waals surface area contributed by atoms with E-state index < -0.39 is 5.60 Å². The Bertz CT molecular complexity index is 962. The Hall–Kier alpha value is -2.97. The lowest BCUT2D eigenvalue weighted by Crippen LogP contribution is -2.48. The number of hydroxylamine groups is 1. The highest BCUT2D eigenvalue weighted by atomic mass is 35.5. The molecule has 1 aromatic heterocycles. The molecule has 158 valence electrons. The molecule has 4 rings (SSSR count). The summed E-state index contributed by atoms with van der Waals surface area (Å²) in [6.45, 7) is 3.18. The molecule has 30 heavy (non-hydrogen) atoms. The molecule has 1 spiro atoms. The summed E-state index contributed by atoms with van der Waals surface area (Å²) in [5.41, 5.74) is 3.20. The molecule has 8 nitrogen and oxygen atoms in total. The molecule has 0 atom stereocenters. The van der Waals surface area contributed by atoms with E-state index in [1.807, 2.05) is 25.1 Å². The average molecular weight is 431 g/mol. The smallest absolute Gasteiger partial charge is 0.321 e. The third kappa shape index (κ3) is 4.60. The summed E-state index contributed by atoms with van der Waals surface area (Å²) in [5.74, 6) is 1.23. The minimum absolute atomic E-state index is 0.172. The van der Waals surface area contributed by atoms with Crippen LogP contribution in [-0.2, 0) is 16.2 Å². The van der Waals surface area contributed by atoms with Crippen molar-refractivity contribution in [1.29, 1.82) is 0 Å². The zero-order valence-electron chi connectivity index (χ0n) is 16.5. The molecule has 2 aliphatic heterocycles. The van der Waals surface area contributed by atoms with Crippen molar-refractivity contribution in [2.75, 3.05) is 18.4 Å². The van der Waals surface area contributed by atoms with Gasteiger partial charge in [-0.25, -0.2) is 4.79 Å². The number of likely N-dealkylation sites (tertiary alicyclic amines) is 1. The van der Waals surface area contributed by atoms with Crippen LogP contribution in [0, 0.1) is 6.92 Å². The van der Waals surface area contributed by atoms with Crippen LogP contribution in [0.3, 0.4) is 0 Å². The van der Waals surface area contributed by atoms with Crippen LogP contribution in [0.5, 0.6) is 0 Å². The van der Waals surface area contributed by atoms with Crippen molar-refractivity contribution in [2.24, 2.45) is 0 Å². The van der Waals surface area contributed by atoms with Crippen LogP contribution in [0.1, 0.15) is 24.4 Å². The number of anilines is 1. The Kier molecular flexibility index (Phi) is 5.69. The summed E-state index contributed by atoms with van der Waals surface area (Å²) in [7, 11) is 0. The highest BCUT2D eigenvalue weighted by Crippen LogP contribution is 2.32. The SMILES string of the molecule is Cc1ccc(CNC(=O)C2=CC3(CCN(C(=O)Nc4ccc(Cl)cc4)CC3)ON2)o1. The number of urea groups is 1. The molecule has 0 radical (unpaired) electrons. The third-order valence-corrected chi connectivity index (χ3v) is 5.48. The Balaban J connectivity index is 1.29. The molecular formula is C21H23ClN4O4. The summed E-state index contributed by atoms with van der Waals surface area (Å²) < 4.78 is 5.45. The highest BCUT2D eigenvalue weighted by molar-refractivity contribution is 6.30. The Morgan fingerprint density at radius 1 is 1.17 bits per heavy atom. The fourth-order valence-electron chi connectivity index (χ4n) is 3.50.